The molecule has 3 nitrogen and oxygen atoms in total. The van der Waals surface area contributed by atoms with Gasteiger partial charge in [0.15, 0.2) is 0 Å². The summed E-state index contributed by atoms with van der Waals surface area (Å²) in [6.45, 7) is 10.6. The first-order chi connectivity index (χ1) is 9.20. The molecule has 0 aliphatic carbocycles. The minimum Gasteiger partial charge on any atom is -0.477 e. The van der Waals surface area contributed by atoms with E-state index in [1.807, 2.05) is 44.3 Å². The van der Waals surface area contributed by atoms with Crippen molar-refractivity contribution in [1.82, 2.24) is 4.98 Å². The van der Waals surface area contributed by atoms with Crippen molar-refractivity contribution in [3.05, 3.63) is 15.6 Å². The molecule has 2 heterocycles. The zero-order chi connectivity index (χ0) is 15.1. The van der Waals surface area contributed by atoms with Crippen LogP contribution in [0, 0.1) is 0 Å². The summed E-state index contributed by atoms with van der Waals surface area (Å²) in [7, 11) is 0. The van der Waals surface area contributed by atoms with E-state index >= 15 is 0 Å². The molecule has 112 valence electrons. The van der Waals surface area contributed by atoms with Crippen LogP contribution in [0.25, 0.3) is 0 Å². The number of carboxylic acid groups (broad SMARTS) is 1. The summed E-state index contributed by atoms with van der Waals surface area (Å²) in [6, 6.07) is 0. The van der Waals surface area contributed by atoms with Crippen molar-refractivity contribution in [2.24, 2.45) is 0 Å². The van der Waals surface area contributed by atoms with Gasteiger partial charge >= 0.3 is 5.97 Å². The molecule has 1 aromatic rings. The number of thioether (sulfide) groups is 2. The molecule has 1 aliphatic heterocycles. The minimum absolute atomic E-state index is 0.228. The lowest BCUT2D eigenvalue weighted by atomic mass is 9.91. The molecular weight excluding hydrogens is 310 g/mol. The average Bonchev–Trinajstić information content (AvgIpc) is 2.77. The summed E-state index contributed by atoms with van der Waals surface area (Å²) < 4.78 is 0. The van der Waals surface area contributed by atoms with E-state index in [1.54, 1.807) is 0 Å². The molecule has 0 bridgehead atoms. The number of carbonyl (C=O) groups is 1. The molecule has 2 rings (SSSR count). The fraction of sp³-hybridized carbons (Fsp3) is 0.714. The van der Waals surface area contributed by atoms with Crippen LogP contribution in [0.1, 0.15) is 60.2 Å². The third kappa shape index (κ3) is 3.34. The molecule has 3 unspecified atom stereocenters. The van der Waals surface area contributed by atoms with Gasteiger partial charge in [0.25, 0.3) is 0 Å². The summed E-state index contributed by atoms with van der Waals surface area (Å²) in [4.78, 5) is 16.5. The summed E-state index contributed by atoms with van der Waals surface area (Å²) in [5.74, 6) is 0.167. The van der Waals surface area contributed by atoms with E-state index in [1.165, 1.54) is 11.3 Å². The van der Waals surface area contributed by atoms with Gasteiger partial charge in [0, 0.05) is 21.7 Å². The van der Waals surface area contributed by atoms with Crippen LogP contribution in [-0.4, -0.2) is 32.3 Å². The SMILES string of the molecule is CC1SCC(c2nc(C(C)(C)C)c(C(=O)O)s2)SC1C. The molecule has 0 amide bonds. The van der Waals surface area contributed by atoms with E-state index in [4.69, 9.17) is 0 Å². The second-order valence-corrected chi connectivity index (χ2v) is 10.2. The van der Waals surface area contributed by atoms with E-state index in [-0.39, 0.29) is 5.41 Å². The van der Waals surface area contributed by atoms with Gasteiger partial charge in [0.1, 0.15) is 9.88 Å². The first kappa shape index (κ1) is 16.2. The molecule has 3 atom stereocenters. The lowest BCUT2D eigenvalue weighted by Gasteiger charge is -2.30. The maximum atomic E-state index is 11.4. The second kappa shape index (κ2) is 5.89. The molecule has 20 heavy (non-hydrogen) atoms. The summed E-state index contributed by atoms with van der Waals surface area (Å²) >= 11 is 5.24. The first-order valence-electron chi connectivity index (χ1n) is 6.71. The van der Waals surface area contributed by atoms with Crippen molar-refractivity contribution >= 4 is 40.8 Å². The Morgan fingerprint density at radius 3 is 2.40 bits per heavy atom. The maximum absolute atomic E-state index is 11.4. The summed E-state index contributed by atoms with van der Waals surface area (Å²) in [6.07, 6.45) is 0. The molecule has 1 N–H and O–H groups in total. The van der Waals surface area contributed by atoms with Gasteiger partial charge in [-0.2, -0.15) is 11.8 Å². The Bertz CT molecular complexity index is 507. The number of carboxylic acids is 1. The normalized spacial score (nSPS) is 27.6. The molecule has 0 saturated carbocycles. The lowest BCUT2D eigenvalue weighted by Crippen LogP contribution is -2.22. The highest BCUT2D eigenvalue weighted by Gasteiger charge is 2.33. The molecular formula is C14H21NO2S3. The average molecular weight is 332 g/mol. The second-order valence-electron chi connectivity index (χ2n) is 6.15. The Kier molecular flexibility index (Phi) is 4.76. The van der Waals surface area contributed by atoms with Crippen molar-refractivity contribution in [1.29, 1.82) is 0 Å². The number of thiazole rings is 1. The number of rotatable bonds is 2. The summed E-state index contributed by atoms with van der Waals surface area (Å²) in [5.41, 5.74) is 0.496. The smallest absolute Gasteiger partial charge is 0.347 e. The number of hydrogen-bond acceptors (Lipinski definition) is 5. The molecule has 6 heteroatoms. The zero-order valence-electron chi connectivity index (χ0n) is 12.5. The third-order valence-corrected chi connectivity index (χ3v) is 8.08. The predicted octanol–water partition coefficient (Wildman–Crippen LogP) is 4.44. The zero-order valence-corrected chi connectivity index (χ0v) is 14.9. The third-order valence-electron chi connectivity index (χ3n) is 3.37. The van der Waals surface area contributed by atoms with E-state index in [2.05, 4.69) is 18.8 Å². The van der Waals surface area contributed by atoms with Crippen molar-refractivity contribution in [3.8, 4) is 0 Å². The lowest BCUT2D eigenvalue weighted by molar-refractivity contribution is 0.0699. The predicted molar refractivity (Wildman–Crippen MR) is 89.5 cm³/mol. The van der Waals surface area contributed by atoms with Crippen LogP contribution in [0.3, 0.4) is 0 Å². The molecule has 0 radical (unpaired) electrons. The van der Waals surface area contributed by atoms with Crippen LogP contribution in [0.5, 0.6) is 0 Å². The monoisotopic (exact) mass is 331 g/mol. The van der Waals surface area contributed by atoms with Crippen molar-refractivity contribution in [2.45, 2.75) is 55.8 Å². The molecule has 0 aromatic carbocycles. The van der Waals surface area contributed by atoms with Crippen LogP contribution in [-0.2, 0) is 5.41 Å². The van der Waals surface area contributed by atoms with Gasteiger partial charge < -0.3 is 5.11 Å². The first-order valence-corrected chi connectivity index (χ1v) is 9.52. The van der Waals surface area contributed by atoms with E-state index in [0.29, 0.717) is 20.6 Å². The largest absolute Gasteiger partial charge is 0.477 e. The van der Waals surface area contributed by atoms with Crippen molar-refractivity contribution < 1.29 is 9.90 Å². The van der Waals surface area contributed by atoms with Gasteiger partial charge in [-0.25, -0.2) is 9.78 Å². The fourth-order valence-electron chi connectivity index (χ4n) is 2.04. The molecule has 1 aliphatic rings. The molecule has 1 saturated heterocycles. The van der Waals surface area contributed by atoms with Gasteiger partial charge in [-0.15, -0.1) is 23.1 Å². The van der Waals surface area contributed by atoms with Crippen LogP contribution in [0.15, 0.2) is 0 Å². The van der Waals surface area contributed by atoms with E-state index < -0.39 is 5.97 Å². The molecule has 1 aromatic heterocycles. The fourth-order valence-corrected chi connectivity index (χ4v) is 6.35. The van der Waals surface area contributed by atoms with Gasteiger partial charge in [0.2, 0.25) is 0 Å². The van der Waals surface area contributed by atoms with Crippen LogP contribution in [0.2, 0.25) is 0 Å². The Hall–Kier alpha value is -0.200. The quantitative estimate of drug-likeness (QED) is 0.868. The Labute approximate surface area is 133 Å². The van der Waals surface area contributed by atoms with Gasteiger partial charge in [-0.1, -0.05) is 34.6 Å². The Balaban J connectivity index is 2.32. The van der Waals surface area contributed by atoms with E-state index in [0.717, 1.165) is 16.5 Å². The number of nitrogens with zero attached hydrogens (tertiary/aromatic N) is 1. The van der Waals surface area contributed by atoms with Crippen LogP contribution in [0.4, 0.5) is 0 Å². The van der Waals surface area contributed by atoms with Gasteiger partial charge in [-0.3, -0.25) is 0 Å². The Morgan fingerprint density at radius 1 is 1.30 bits per heavy atom. The highest BCUT2D eigenvalue weighted by atomic mass is 32.2. The summed E-state index contributed by atoms with van der Waals surface area (Å²) in [5, 5.41) is 11.9. The molecule has 1 fully saturated rings. The van der Waals surface area contributed by atoms with Gasteiger partial charge in [-0.05, 0) is 0 Å². The highest BCUT2D eigenvalue weighted by molar-refractivity contribution is 8.07. The van der Waals surface area contributed by atoms with Crippen molar-refractivity contribution in [3.63, 3.8) is 0 Å². The van der Waals surface area contributed by atoms with E-state index in [9.17, 15) is 9.90 Å². The van der Waals surface area contributed by atoms with Crippen molar-refractivity contribution in [2.75, 3.05) is 5.75 Å². The van der Waals surface area contributed by atoms with Crippen LogP contribution >= 0.6 is 34.9 Å². The molecule has 0 spiro atoms. The topological polar surface area (TPSA) is 50.2 Å². The number of aromatic nitrogens is 1. The maximum Gasteiger partial charge on any atom is 0.347 e. The van der Waals surface area contributed by atoms with Gasteiger partial charge in [0.05, 0.1) is 10.9 Å². The minimum atomic E-state index is -0.853. The standard InChI is InChI=1S/C14H21NO2S3/c1-7-8(2)19-9(6-18-7)12-15-11(14(3,4)5)10(20-12)13(16)17/h7-9H,6H2,1-5H3,(H,16,17). The highest BCUT2D eigenvalue weighted by Crippen LogP contribution is 2.46. The number of aromatic carboxylic acids is 1. The Morgan fingerprint density at radius 2 is 1.95 bits per heavy atom. The van der Waals surface area contributed by atoms with Crippen LogP contribution < -0.4 is 0 Å². The number of hydrogen-bond donors (Lipinski definition) is 1.